The second-order valence-corrected chi connectivity index (χ2v) is 5.06. The van der Waals surface area contributed by atoms with Crippen molar-refractivity contribution in [1.29, 1.82) is 0 Å². The summed E-state index contributed by atoms with van der Waals surface area (Å²) in [4.78, 5) is 17.2. The number of nitro benzene ring substituents is 1. The molecule has 0 spiro atoms. The minimum absolute atomic E-state index is 0.0625. The zero-order valence-corrected chi connectivity index (χ0v) is 11.2. The first-order valence-corrected chi connectivity index (χ1v) is 6.67. The van der Waals surface area contributed by atoms with E-state index in [-0.39, 0.29) is 10.6 Å². The third kappa shape index (κ3) is 2.18. The molecule has 1 aliphatic heterocycles. The molecule has 0 bridgehead atoms. The zero-order chi connectivity index (χ0) is 14.1. The summed E-state index contributed by atoms with van der Waals surface area (Å²) in [5.74, 6) is 0. The number of rotatable bonds is 2. The SMILES string of the molecule is C[C@@H]1CN(c2ccnc3c([N+](=O)[O-])cccc23)CCN1. The van der Waals surface area contributed by atoms with Gasteiger partial charge < -0.3 is 10.2 Å². The van der Waals surface area contributed by atoms with Crippen molar-refractivity contribution >= 4 is 22.3 Å². The number of fused-ring (bicyclic) bond motifs is 1. The van der Waals surface area contributed by atoms with E-state index in [2.05, 4.69) is 22.1 Å². The number of nitrogens with one attached hydrogen (secondary N) is 1. The van der Waals surface area contributed by atoms with E-state index in [0.29, 0.717) is 11.6 Å². The van der Waals surface area contributed by atoms with Crippen molar-refractivity contribution < 1.29 is 4.92 Å². The van der Waals surface area contributed by atoms with Crippen LogP contribution in [0.4, 0.5) is 11.4 Å². The molecule has 0 aliphatic carbocycles. The van der Waals surface area contributed by atoms with Crippen LogP contribution in [0.25, 0.3) is 10.9 Å². The maximum atomic E-state index is 11.1. The van der Waals surface area contributed by atoms with E-state index >= 15 is 0 Å². The van der Waals surface area contributed by atoms with E-state index in [0.717, 1.165) is 30.7 Å². The fourth-order valence-corrected chi connectivity index (χ4v) is 2.72. The molecule has 0 saturated carbocycles. The molecule has 20 heavy (non-hydrogen) atoms. The van der Waals surface area contributed by atoms with Gasteiger partial charge in [0.05, 0.1) is 4.92 Å². The molecule has 1 aromatic heterocycles. The molecule has 2 aromatic rings. The second kappa shape index (κ2) is 5.05. The van der Waals surface area contributed by atoms with Gasteiger partial charge in [-0.15, -0.1) is 0 Å². The number of anilines is 1. The maximum Gasteiger partial charge on any atom is 0.295 e. The summed E-state index contributed by atoms with van der Waals surface area (Å²) >= 11 is 0. The van der Waals surface area contributed by atoms with Crippen LogP contribution >= 0.6 is 0 Å². The molecule has 3 rings (SSSR count). The zero-order valence-electron chi connectivity index (χ0n) is 11.2. The van der Waals surface area contributed by atoms with Gasteiger partial charge in [-0.2, -0.15) is 0 Å². The molecule has 1 saturated heterocycles. The second-order valence-electron chi connectivity index (χ2n) is 5.06. The van der Waals surface area contributed by atoms with E-state index in [1.54, 1.807) is 12.3 Å². The topological polar surface area (TPSA) is 71.3 Å². The van der Waals surface area contributed by atoms with Gasteiger partial charge in [-0.05, 0) is 13.0 Å². The summed E-state index contributed by atoms with van der Waals surface area (Å²) < 4.78 is 0. The van der Waals surface area contributed by atoms with Crippen molar-refractivity contribution in [2.75, 3.05) is 24.5 Å². The van der Waals surface area contributed by atoms with Gasteiger partial charge in [-0.1, -0.05) is 12.1 Å². The molecule has 2 heterocycles. The van der Waals surface area contributed by atoms with Crippen LogP contribution in [0.5, 0.6) is 0 Å². The lowest BCUT2D eigenvalue weighted by molar-refractivity contribution is -0.383. The molecule has 0 radical (unpaired) electrons. The highest BCUT2D eigenvalue weighted by Crippen LogP contribution is 2.31. The predicted molar refractivity (Wildman–Crippen MR) is 78.1 cm³/mol. The monoisotopic (exact) mass is 272 g/mol. The quantitative estimate of drug-likeness (QED) is 0.668. The molecule has 6 heteroatoms. The van der Waals surface area contributed by atoms with Gasteiger partial charge in [0.1, 0.15) is 5.52 Å². The third-order valence-corrected chi connectivity index (χ3v) is 3.63. The first kappa shape index (κ1) is 12.8. The van der Waals surface area contributed by atoms with Crippen LogP contribution in [0.15, 0.2) is 30.5 Å². The number of non-ortho nitro benzene ring substituents is 1. The Morgan fingerprint density at radius 1 is 1.45 bits per heavy atom. The molecule has 1 aromatic carbocycles. The normalized spacial score (nSPS) is 19.2. The number of para-hydroxylation sites is 1. The third-order valence-electron chi connectivity index (χ3n) is 3.63. The highest BCUT2D eigenvalue weighted by Gasteiger charge is 2.20. The average Bonchev–Trinajstić information content (AvgIpc) is 2.45. The van der Waals surface area contributed by atoms with Crippen molar-refractivity contribution in [3.8, 4) is 0 Å². The van der Waals surface area contributed by atoms with Crippen molar-refractivity contribution in [2.24, 2.45) is 0 Å². The van der Waals surface area contributed by atoms with Crippen LogP contribution in [0, 0.1) is 10.1 Å². The van der Waals surface area contributed by atoms with E-state index < -0.39 is 0 Å². The van der Waals surface area contributed by atoms with Gasteiger partial charge in [-0.25, -0.2) is 4.98 Å². The molecule has 6 nitrogen and oxygen atoms in total. The summed E-state index contributed by atoms with van der Waals surface area (Å²) in [6.07, 6.45) is 1.65. The van der Waals surface area contributed by atoms with Gasteiger partial charge >= 0.3 is 0 Å². The minimum atomic E-state index is -0.375. The Hall–Kier alpha value is -2.21. The lowest BCUT2D eigenvalue weighted by Gasteiger charge is -2.34. The van der Waals surface area contributed by atoms with Crippen LogP contribution in [0.1, 0.15) is 6.92 Å². The van der Waals surface area contributed by atoms with Gasteiger partial charge in [0, 0.05) is 49.0 Å². The fraction of sp³-hybridized carbons (Fsp3) is 0.357. The van der Waals surface area contributed by atoms with E-state index in [1.165, 1.54) is 6.07 Å². The van der Waals surface area contributed by atoms with Gasteiger partial charge in [0.2, 0.25) is 0 Å². The molecular formula is C14H16N4O2. The Morgan fingerprint density at radius 3 is 3.05 bits per heavy atom. The van der Waals surface area contributed by atoms with Crippen LogP contribution in [0.3, 0.4) is 0 Å². The lowest BCUT2D eigenvalue weighted by atomic mass is 10.1. The molecule has 1 fully saturated rings. The summed E-state index contributed by atoms with van der Waals surface area (Å²) in [7, 11) is 0. The standard InChI is InChI=1S/C14H16N4O2/c1-10-9-17(8-7-15-10)12-5-6-16-14-11(12)3-2-4-13(14)18(19)20/h2-6,10,15H,7-9H2,1H3/t10-/m1/s1. The molecule has 104 valence electrons. The number of nitro groups is 1. The average molecular weight is 272 g/mol. The minimum Gasteiger partial charge on any atom is -0.368 e. The van der Waals surface area contributed by atoms with E-state index in [9.17, 15) is 10.1 Å². The Labute approximate surface area is 116 Å². The lowest BCUT2D eigenvalue weighted by Crippen LogP contribution is -2.49. The van der Waals surface area contributed by atoms with Gasteiger partial charge in [0.15, 0.2) is 0 Å². The number of hydrogen-bond donors (Lipinski definition) is 1. The Kier molecular flexibility index (Phi) is 3.23. The molecule has 1 N–H and O–H groups in total. The molecule has 1 atom stereocenters. The summed E-state index contributed by atoms with van der Waals surface area (Å²) in [5.41, 5.74) is 1.54. The van der Waals surface area contributed by atoms with E-state index in [4.69, 9.17) is 0 Å². The summed E-state index contributed by atoms with van der Waals surface area (Å²) in [6.45, 7) is 4.84. The molecule has 0 unspecified atom stereocenters. The van der Waals surface area contributed by atoms with Crippen LogP contribution in [-0.2, 0) is 0 Å². The number of nitrogens with zero attached hydrogens (tertiary/aromatic N) is 3. The molecule has 0 amide bonds. The largest absolute Gasteiger partial charge is 0.368 e. The Bertz CT molecular complexity index is 659. The van der Waals surface area contributed by atoms with Crippen molar-refractivity contribution in [1.82, 2.24) is 10.3 Å². The predicted octanol–water partition coefficient (Wildman–Crippen LogP) is 1.94. The van der Waals surface area contributed by atoms with Crippen LogP contribution < -0.4 is 10.2 Å². The Balaban J connectivity index is 2.12. The van der Waals surface area contributed by atoms with Crippen molar-refractivity contribution in [3.05, 3.63) is 40.6 Å². The highest BCUT2D eigenvalue weighted by molar-refractivity contribution is 5.96. The van der Waals surface area contributed by atoms with Crippen molar-refractivity contribution in [2.45, 2.75) is 13.0 Å². The first-order valence-electron chi connectivity index (χ1n) is 6.67. The summed E-state index contributed by atoms with van der Waals surface area (Å²) in [6, 6.07) is 7.46. The van der Waals surface area contributed by atoms with Crippen LogP contribution in [0.2, 0.25) is 0 Å². The van der Waals surface area contributed by atoms with Crippen molar-refractivity contribution in [3.63, 3.8) is 0 Å². The molecular weight excluding hydrogens is 256 g/mol. The van der Waals surface area contributed by atoms with E-state index in [1.807, 2.05) is 12.1 Å². The number of pyridine rings is 1. The van der Waals surface area contributed by atoms with Crippen LogP contribution in [-0.4, -0.2) is 35.6 Å². The Morgan fingerprint density at radius 2 is 2.30 bits per heavy atom. The fourth-order valence-electron chi connectivity index (χ4n) is 2.72. The number of benzene rings is 1. The smallest absolute Gasteiger partial charge is 0.295 e. The molecule has 1 aliphatic rings. The number of hydrogen-bond acceptors (Lipinski definition) is 5. The highest BCUT2D eigenvalue weighted by atomic mass is 16.6. The number of piperazine rings is 1. The maximum absolute atomic E-state index is 11.1. The first-order chi connectivity index (χ1) is 9.66. The van der Waals surface area contributed by atoms with Gasteiger partial charge in [0.25, 0.3) is 5.69 Å². The van der Waals surface area contributed by atoms with Gasteiger partial charge in [-0.3, -0.25) is 10.1 Å². The summed E-state index contributed by atoms with van der Waals surface area (Å²) in [5, 5.41) is 15.3. The number of aromatic nitrogens is 1.